The molecule has 2 aliphatic heterocycles. The Morgan fingerprint density at radius 1 is 1.31 bits per heavy atom. The fraction of sp³-hybridized carbons (Fsp3) is 1.00. The standard InChI is InChI=1S/C8H15NOS.C2H6/c1-7-4-9(5-7)11-8-2-3-10-6-8;1-2/h7-8H,2-6H2,1H3;1-2H3. The lowest BCUT2D eigenvalue weighted by molar-refractivity contribution is 0.197. The predicted octanol–water partition coefficient (Wildman–Crippen LogP) is 2.40. The Bertz CT molecular complexity index is 131. The van der Waals surface area contributed by atoms with Crippen LogP contribution in [-0.2, 0) is 4.74 Å². The SMILES string of the molecule is CC.CC1CN(SC2CCOC2)C1. The third-order valence-electron chi connectivity index (χ3n) is 2.22. The first-order valence-electron chi connectivity index (χ1n) is 5.34. The average molecular weight is 203 g/mol. The smallest absolute Gasteiger partial charge is 0.0598 e. The molecule has 0 spiro atoms. The Morgan fingerprint density at radius 3 is 2.46 bits per heavy atom. The first-order valence-corrected chi connectivity index (χ1v) is 6.17. The predicted molar refractivity (Wildman–Crippen MR) is 58.9 cm³/mol. The molecule has 0 radical (unpaired) electrons. The highest BCUT2D eigenvalue weighted by atomic mass is 32.2. The molecule has 0 aromatic carbocycles. The highest BCUT2D eigenvalue weighted by Crippen LogP contribution is 2.30. The van der Waals surface area contributed by atoms with E-state index in [1.165, 1.54) is 19.5 Å². The highest BCUT2D eigenvalue weighted by molar-refractivity contribution is 7.97. The van der Waals surface area contributed by atoms with Crippen LogP contribution >= 0.6 is 11.9 Å². The lowest BCUT2D eigenvalue weighted by Gasteiger charge is -2.37. The number of nitrogens with zero attached hydrogens (tertiary/aromatic N) is 1. The lowest BCUT2D eigenvalue weighted by atomic mass is 10.1. The Balaban J connectivity index is 0.000000396. The maximum atomic E-state index is 5.31. The minimum absolute atomic E-state index is 0.752. The van der Waals surface area contributed by atoms with E-state index >= 15 is 0 Å². The zero-order valence-corrected chi connectivity index (χ0v) is 9.77. The van der Waals surface area contributed by atoms with Crippen LogP contribution in [0.15, 0.2) is 0 Å². The van der Waals surface area contributed by atoms with Gasteiger partial charge in [-0.25, -0.2) is 4.31 Å². The van der Waals surface area contributed by atoms with Gasteiger partial charge in [-0.1, -0.05) is 32.7 Å². The van der Waals surface area contributed by atoms with Crippen molar-refractivity contribution in [2.24, 2.45) is 5.92 Å². The van der Waals surface area contributed by atoms with Gasteiger partial charge >= 0.3 is 0 Å². The van der Waals surface area contributed by atoms with E-state index in [0.29, 0.717) is 0 Å². The van der Waals surface area contributed by atoms with E-state index in [2.05, 4.69) is 11.2 Å². The molecule has 0 aromatic rings. The van der Waals surface area contributed by atoms with Crippen LogP contribution in [0.3, 0.4) is 0 Å². The van der Waals surface area contributed by atoms with Crippen LogP contribution in [0.1, 0.15) is 27.2 Å². The number of hydrogen-bond acceptors (Lipinski definition) is 3. The van der Waals surface area contributed by atoms with Gasteiger partial charge in [0.2, 0.25) is 0 Å². The van der Waals surface area contributed by atoms with Crippen molar-refractivity contribution in [2.75, 3.05) is 26.3 Å². The second kappa shape index (κ2) is 5.89. The van der Waals surface area contributed by atoms with Crippen molar-refractivity contribution in [3.05, 3.63) is 0 Å². The minimum atomic E-state index is 0.752. The van der Waals surface area contributed by atoms with E-state index in [-0.39, 0.29) is 0 Å². The molecule has 0 N–H and O–H groups in total. The summed E-state index contributed by atoms with van der Waals surface area (Å²) in [7, 11) is 0. The number of ether oxygens (including phenoxy) is 1. The third-order valence-corrected chi connectivity index (χ3v) is 3.48. The molecule has 0 aromatic heterocycles. The van der Waals surface area contributed by atoms with E-state index in [1.54, 1.807) is 0 Å². The van der Waals surface area contributed by atoms with E-state index in [9.17, 15) is 0 Å². The van der Waals surface area contributed by atoms with Crippen LogP contribution < -0.4 is 0 Å². The number of rotatable bonds is 2. The molecule has 0 aliphatic carbocycles. The molecule has 2 saturated heterocycles. The van der Waals surface area contributed by atoms with Gasteiger partial charge in [0.1, 0.15) is 0 Å². The van der Waals surface area contributed by atoms with Gasteiger partial charge in [-0.2, -0.15) is 0 Å². The fourth-order valence-corrected chi connectivity index (χ4v) is 3.00. The molecule has 2 aliphatic rings. The van der Waals surface area contributed by atoms with Gasteiger partial charge in [0, 0.05) is 24.9 Å². The van der Waals surface area contributed by atoms with Gasteiger partial charge in [-0.15, -0.1) is 0 Å². The van der Waals surface area contributed by atoms with Crippen molar-refractivity contribution >= 4 is 11.9 Å². The summed E-state index contributed by atoms with van der Waals surface area (Å²) in [5, 5.41) is 0.752. The highest BCUT2D eigenvalue weighted by Gasteiger charge is 2.27. The first kappa shape index (κ1) is 11.3. The zero-order chi connectivity index (χ0) is 9.68. The van der Waals surface area contributed by atoms with E-state index in [1.807, 2.05) is 25.8 Å². The van der Waals surface area contributed by atoms with Crippen LogP contribution in [0.25, 0.3) is 0 Å². The molecule has 1 atom stereocenters. The molecule has 78 valence electrons. The van der Waals surface area contributed by atoms with Crippen molar-refractivity contribution in [3.8, 4) is 0 Å². The summed E-state index contributed by atoms with van der Waals surface area (Å²) in [5.74, 6) is 0.921. The maximum Gasteiger partial charge on any atom is 0.0598 e. The molecule has 13 heavy (non-hydrogen) atoms. The van der Waals surface area contributed by atoms with Gasteiger partial charge in [-0.3, -0.25) is 0 Å². The summed E-state index contributed by atoms with van der Waals surface area (Å²) in [4.78, 5) is 0. The monoisotopic (exact) mass is 203 g/mol. The summed E-state index contributed by atoms with van der Waals surface area (Å²) in [5.41, 5.74) is 0. The molecule has 0 bridgehead atoms. The molecule has 0 amide bonds. The fourth-order valence-electron chi connectivity index (χ4n) is 1.53. The van der Waals surface area contributed by atoms with Crippen LogP contribution in [0.5, 0.6) is 0 Å². The molecule has 3 heteroatoms. The van der Waals surface area contributed by atoms with Crippen LogP contribution in [0.2, 0.25) is 0 Å². The largest absolute Gasteiger partial charge is 0.380 e. The van der Waals surface area contributed by atoms with E-state index in [0.717, 1.165) is 24.4 Å². The van der Waals surface area contributed by atoms with E-state index < -0.39 is 0 Å². The quantitative estimate of drug-likeness (QED) is 0.639. The van der Waals surface area contributed by atoms with Crippen molar-refractivity contribution in [3.63, 3.8) is 0 Å². The topological polar surface area (TPSA) is 12.5 Å². The third kappa shape index (κ3) is 3.49. The summed E-state index contributed by atoms with van der Waals surface area (Å²) in [6.45, 7) is 10.8. The van der Waals surface area contributed by atoms with Crippen LogP contribution in [-0.4, -0.2) is 35.9 Å². The van der Waals surface area contributed by atoms with Gasteiger partial charge in [-0.05, 0) is 12.3 Å². The van der Waals surface area contributed by atoms with Crippen molar-refractivity contribution in [1.29, 1.82) is 0 Å². The zero-order valence-electron chi connectivity index (χ0n) is 8.95. The molecule has 2 rings (SSSR count). The number of hydrogen-bond donors (Lipinski definition) is 0. The molecule has 2 fully saturated rings. The summed E-state index contributed by atoms with van der Waals surface area (Å²) in [6, 6.07) is 0. The second-order valence-corrected chi connectivity index (χ2v) is 4.94. The summed E-state index contributed by atoms with van der Waals surface area (Å²) < 4.78 is 7.77. The Morgan fingerprint density at radius 2 is 2.00 bits per heavy atom. The normalized spacial score (nSPS) is 29.3. The van der Waals surface area contributed by atoms with Crippen molar-refractivity contribution in [2.45, 2.75) is 32.4 Å². The summed E-state index contributed by atoms with van der Waals surface area (Å²) in [6.07, 6.45) is 1.25. The Hall–Kier alpha value is 0.270. The van der Waals surface area contributed by atoms with Crippen molar-refractivity contribution in [1.82, 2.24) is 4.31 Å². The Labute approximate surface area is 86.1 Å². The molecule has 2 nitrogen and oxygen atoms in total. The lowest BCUT2D eigenvalue weighted by Crippen LogP contribution is -2.41. The van der Waals surface area contributed by atoms with Gasteiger partial charge < -0.3 is 4.74 Å². The molecule has 2 heterocycles. The van der Waals surface area contributed by atoms with Crippen LogP contribution in [0.4, 0.5) is 0 Å². The van der Waals surface area contributed by atoms with Gasteiger partial charge in [0.15, 0.2) is 0 Å². The molecule has 1 unspecified atom stereocenters. The molecular weight excluding hydrogens is 182 g/mol. The van der Waals surface area contributed by atoms with Crippen molar-refractivity contribution < 1.29 is 4.74 Å². The van der Waals surface area contributed by atoms with Gasteiger partial charge in [0.25, 0.3) is 0 Å². The van der Waals surface area contributed by atoms with E-state index in [4.69, 9.17) is 4.74 Å². The summed E-state index contributed by atoms with van der Waals surface area (Å²) >= 11 is 2.01. The second-order valence-electron chi connectivity index (χ2n) is 3.54. The average Bonchev–Trinajstić information content (AvgIpc) is 2.58. The molecular formula is C10H21NOS. The first-order chi connectivity index (χ1) is 6.34. The van der Waals surface area contributed by atoms with Gasteiger partial charge in [0.05, 0.1) is 6.61 Å². The minimum Gasteiger partial charge on any atom is -0.380 e. The Kier molecular flexibility index (Phi) is 5.14. The van der Waals surface area contributed by atoms with Crippen LogP contribution in [0, 0.1) is 5.92 Å². The molecule has 0 saturated carbocycles. The maximum absolute atomic E-state index is 5.31.